The lowest BCUT2D eigenvalue weighted by Crippen LogP contribution is -2.13. The van der Waals surface area contributed by atoms with Gasteiger partial charge in [0.15, 0.2) is 9.84 Å². The summed E-state index contributed by atoms with van der Waals surface area (Å²) in [4.78, 5) is 0. The predicted molar refractivity (Wildman–Crippen MR) is 68.0 cm³/mol. The van der Waals surface area contributed by atoms with E-state index < -0.39 is 15.1 Å². The minimum atomic E-state index is -3.10. The largest absolute Gasteiger partial charge is 0.396 e. The van der Waals surface area contributed by atoms with Gasteiger partial charge in [-0.25, -0.2) is 8.42 Å². The summed E-state index contributed by atoms with van der Waals surface area (Å²) in [6.07, 6.45) is 0. The molecule has 0 spiro atoms. The molecule has 1 saturated carbocycles. The van der Waals surface area contributed by atoms with Crippen molar-refractivity contribution in [2.45, 2.75) is 18.1 Å². The van der Waals surface area contributed by atoms with Gasteiger partial charge in [-0.1, -0.05) is 30.7 Å². The van der Waals surface area contributed by atoms with Gasteiger partial charge in [0.2, 0.25) is 0 Å². The van der Waals surface area contributed by atoms with Crippen molar-refractivity contribution >= 4 is 21.4 Å². The molecule has 3 nitrogen and oxygen atoms in total. The highest BCUT2D eigenvalue weighted by atomic mass is 35.5. The fourth-order valence-electron chi connectivity index (χ4n) is 2.39. The van der Waals surface area contributed by atoms with E-state index in [9.17, 15) is 13.5 Å². The number of hydrogen-bond acceptors (Lipinski definition) is 3. The van der Waals surface area contributed by atoms with Gasteiger partial charge in [0.1, 0.15) is 0 Å². The Bertz CT molecular complexity index is 512. The van der Waals surface area contributed by atoms with Crippen molar-refractivity contribution in [1.82, 2.24) is 0 Å². The van der Waals surface area contributed by atoms with Gasteiger partial charge in [0.05, 0.1) is 5.25 Å². The van der Waals surface area contributed by atoms with Crippen LogP contribution in [0.15, 0.2) is 24.3 Å². The zero-order chi connectivity index (χ0) is 12.6. The molecule has 0 saturated heterocycles. The molecular formula is C12H15ClO3S. The molecule has 2 rings (SSSR count). The number of halogens is 1. The fraction of sp³-hybridized carbons (Fsp3) is 0.500. The van der Waals surface area contributed by atoms with Gasteiger partial charge < -0.3 is 5.11 Å². The minimum absolute atomic E-state index is 0.0962. The van der Waals surface area contributed by atoms with Crippen molar-refractivity contribution in [2.75, 3.05) is 12.4 Å². The van der Waals surface area contributed by atoms with Gasteiger partial charge in [0, 0.05) is 29.2 Å². The molecule has 1 aliphatic carbocycles. The minimum Gasteiger partial charge on any atom is -0.396 e. The lowest BCUT2D eigenvalue weighted by atomic mass is 10.1. The maximum absolute atomic E-state index is 11.9. The maximum Gasteiger partial charge on any atom is 0.153 e. The maximum atomic E-state index is 11.9. The van der Waals surface area contributed by atoms with Crippen LogP contribution >= 0.6 is 11.6 Å². The predicted octanol–water partition coefficient (Wildman–Crippen LogP) is 1.85. The van der Waals surface area contributed by atoms with E-state index in [1.54, 1.807) is 25.1 Å². The SMILES string of the molecule is CCS(=O)(=O)[C@@H]1[C@H](CO)[C@@H]1c1cccc(Cl)c1. The molecule has 0 radical (unpaired) electrons. The number of rotatable bonds is 4. The van der Waals surface area contributed by atoms with E-state index in [0.29, 0.717) is 5.02 Å². The Morgan fingerprint density at radius 2 is 2.12 bits per heavy atom. The van der Waals surface area contributed by atoms with Gasteiger partial charge >= 0.3 is 0 Å². The van der Waals surface area contributed by atoms with Crippen molar-refractivity contribution in [3.63, 3.8) is 0 Å². The number of aliphatic hydroxyl groups excluding tert-OH is 1. The summed E-state index contributed by atoms with van der Waals surface area (Å²) >= 11 is 5.89. The molecule has 0 aromatic heterocycles. The summed E-state index contributed by atoms with van der Waals surface area (Å²) in [5.74, 6) is -0.173. The first-order valence-corrected chi connectivity index (χ1v) is 7.68. The highest BCUT2D eigenvalue weighted by molar-refractivity contribution is 7.92. The monoisotopic (exact) mass is 274 g/mol. The van der Waals surface area contributed by atoms with E-state index in [0.717, 1.165) is 5.56 Å². The second-order valence-electron chi connectivity index (χ2n) is 4.34. The normalized spacial score (nSPS) is 28.1. The third-order valence-corrected chi connectivity index (χ3v) is 5.87. The molecule has 0 aliphatic heterocycles. The Balaban J connectivity index is 2.29. The van der Waals surface area contributed by atoms with Crippen molar-refractivity contribution in [3.8, 4) is 0 Å². The van der Waals surface area contributed by atoms with Crippen molar-refractivity contribution in [2.24, 2.45) is 5.92 Å². The number of aliphatic hydroxyl groups is 1. The van der Waals surface area contributed by atoms with Gasteiger partial charge in [-0.15, -0.1) is 0 Å². The number of sulfone groups is 1. The third-order valence-electron chi connectivity index (χ3n) is 3.36. The standard InChI is InChI=1S/C12H15ClO3S/c1-2-17(15,16)12-10(7-14)11(12)8-4-3-5-9(13)6-8/h3-6,10-12,14H,2,7H2,1H3/t10-,11+,12-/m1/s1. The van der Waals surface area contributed by atoms with E-state index >= 15 is 0 Å². The molecule has 0 amide bonds. The molecule has 1 aliphatic rings. The van der Waals surface area contributed by atoms with E-state index in [1.165, 1.54) is 0 Å². The summed E-state index contributed by atoms with van der Waals surface area (Å²) in [6, 6.07) is 7.20. The van der Waals surface area contributed by atoms with Crippen LogP contribution in [0, 0.1) is 5.92 Å². The van der Waals surface area contributed by atoms with E-state index in [-0.39, 0.29) is 24.2 Å². The lowest BCUT2D eigenvalue weighted by molar-refractivity contribution is 0.274. The smallest absolute Gasteiger partial charge is 0.153 e. The van der Waals surface area contributed by atoms with Crippen molar-refractivity contribution < 1.29 is 13.5 Å². The molecule has 1 fully saturated rings. The summed E-state index contributed by atoms with van der Waals surface area (Å²) < 4.78 is 23.7. The molecule has 1 aromatic carbocycles. The summed E-state index contributed by atoms with van der Waals surface area (Å²) in [5, 5.41) is 9.39. The highest BCUT2D eigenvalue weighted by Crippen LogP contribution is 2.52. The van der Waals surface area contributed by atoms with Gasteiger partial charge in [-0.2, -0.15) is 0 Å². The topological polar surface area (TPSA) is 54.4 Å². The Labute approximate surface area is 106 Å². The first-order chi connectivity index (χ1) is 8.01. The van der Waals surface area contributed by atoms with Crippen LogP contribution in [0.5, 0.6) is 0 Å². The van der Waals surface area contributed by atoms with Crippen LogP contribution in [0.2, 0.25) is 5.02 Å². The summed E-state index contributed by atoms with van der Waals surface area (Å²) in [5.41, 5.74) is 0.901. The van der Waals surface area contributed by atoms with Crippen molar-refractivity contribution in [3.05, 3.63) is 34.9 Å². The Morgan fingerprint density at radius 3 is 2.65 bits per heavy atom. The van der Waals surface area contributed by atoms with Crippen LogP contribution < -0.4 is 0 Å². The van der Waals surface area contributed by atoms with Crippen LogP contribution in [-0.4, -0.2) is 31.1 Å². The molecule has 0 unspecified atom stereocenters. The van der Waals surface area contributed by atoms with Crippen LogP contribution in [0.25, 0.3) is 0 Å². The van der Waals surface area contributed by atoms with Crippen LogP contribution in [0.1, 0.15) is 18.4 Å². The molecule has 94 valence electrons. The van der Waals surface area contributed by atoms with Crippen molar-refractivity contribution in [1.29, 1.82) is 0 Å². The summed E-state index contributed by atoms with van der Waals surface area (Å²) in [6.45, 7) is 1.54. The zero-order valence-electron chi connectivity index (χ0n) is 9.51. The average Bonchev–Trinajstić information content (AvgIpc) is 3.04. The van der Waals surface area contributed by atoms with E-state index in [1.807, 2.05) is 6.07 Å². The van der Waals surface area contributed by atoms with Gasteiger partial charge in [-0.3, -0.25) is 0 Å². The fourth-order valence-corrected chi connectivity index (χ4v) is 4.48. The molecule has 3 atom stereocenters. The Kier molecular flexibility index (Phi) is 3.48. The second kappa shape index (κ2) is 4.59. The van der Waals surface area contributed by atoms with Crippen LogP contribution in [0.4, 0.5) is 0 Å². The number of hydrogen-bond donors (Lipinski definition) is 1. The summed E-state index contributed by atoms with van der Waals surface area (Å²) in [7, 11) is -3.10. The molecular weight excluding hydrogens is 260 g/mol. The molecule has 1 N–H and O–H groups in total. The molecule has 0 heterocycles. The first-order valence-electron chi connectivity index (χ1n) is 5.59. The molecule has 17 heavy (non-hydrogen) atoms. The van der Waals surface area contributed by atoms with E-state index in [2.05, 4.69) is 0 Å². The second-order valence-corrected chi connectivity index (χ2v) is 7.23. The zero-order valence-corrected chi connectivity index (χ0v) is 11.1. The lowest BCUT2D eigenvalue weighted by Gasteiger charge is -2.01. The quantitative estimate of drug-likeness (QED) is 0.912. The highest BCUT2D eigenvalue weighted by Gasteiger charge is 2.57. The average molecular weight is 275 g/mol. The Morgan fingerprint density at radius 1 is 1.41 bits per heavy atom. The third kappa shape index (κ3) is 2.34. The first kappa shape index (κ1) is 12.9. The van der Waals surface area contributed by atoms with Gasteiger partial charge in [0.25, 0.3) is 0 Å². The Hall–Kier alpha value is -0.580. The van der Waals surface area contributed by atoms with Crippen LogP contribution in [-0.2, 0) is 9.84 Å². The molecule has 0 bridgehead atoms. The number of benzene rings is 1. The van der Waals surface area contributed by atoms with Crippen LogP contribution in [0.3, 0.4) is 0 Å². The van der Waals surface area contributed by atoms with E-state index in [4.69, 9.17) is 11.6 Å². The molecule has 1 aromatic rings. The van der Waals surface area contributed by atoms with Gasteiger partial charge in [-0.05, 0) is 17.7 Å². The molecule has 5 heteroatoms.